The zero-order valence-electron chi connectivity index (χ0n) is 14.0. The second-order valence-corrected chi connectivity index (χ2v) is 6.79. The predicted molar refractivity (Wildman–Crippen MR) is 88.3 cm³/mol. The van der Waals surface area contributed by atoms with Gasteiger partial charge in [-0.3, -0.25) is 4.90 Å². The minimum absolute atomic E-state index is 0.233. The van der Waals surface area contributed by atoms with Gasteiger partial charge in [-0.1, -0.05) is 0 Å². The molecule has 1 aromatic rings. The molecule has 1 N–H and O–H groups in total. The van der Waals surface area contributed by atoms with Gasteiger partial charge in [0, 0.05) is 43.0 Å². The Bertz CT molecular complexity index is 522. The largest absolute Gasteiger partial charge is 0.395 e. The molecule has 1 fully saturated rings. The minimum atomic E-state index is 0.233. The van der Waals surface area contributed by atoms with Crippen molar-refractivity contribution in [3.63, 3.8) is 0 Å². The van der Waals surface area contributed by atoms with E-state index >= 15 is 0 Å². The molecular formula is C17H28N4O. The molecule has 5 nitrogen and oxygen atoms in total. The second kappa shape index (κ2) is 6.50. The smallest absolute Gasteiger partial charge is 0.135 e. The Morgan fingerprint density at radius 3 is 2.45 bits per heavy atom. The maximum absolute atomic E-state index is 9.26. The molecule has 1 aliphatic heterocycles. The Morgan fingerprint density at radius 2 is 1.77 bits per heavy atom. The Hall–Kier alpha value is -1.20. The molecule has 0 aromatic carbocycles. The number of β-amino-alcohol motifs (C(OH)–C–C–N with tert-alkyl or cyclic N) is 1. The summed E-state index contributed by atoms with van der Waals surface area (Å²) in [6.45, 7) is 9.46. The Labute approximate surface area is 133 Å². The van der Waals surface area contributed by atoms with Crippen LogP contribution in [0.1, 0.15) is 43.8 Å². The summed E-state index contributed by atoms with van der Waals surface area (Å²) in [5.41, 5.74) is 2.65. The number of rotatable bonds is 3. The van der Waals surface area contributed by atoms with Crippen molar-refractivity contribution < 1.29 is 5.11 Å². The number of nitrogens with zero attached hydrogens (tertiary/aromatic N) is 4. The van der Waals surface area contributed by atoms with E-state index in [1.165, 1.54) is 29.9 Å². The van der Waals surface area contributed by atoms with Crippen LogP contribution in [-0.4, -0.2) is 58.3 Å². The van der Waals surface area contributed by atoms with Crippen LogP contribution in [0.2, 0.25) is 0 Å². The van der Waals surface area contributed by atoms with Crippen LogP contribution >= 0.6 is 0 Å². The van der Waals surface area contributed by atoms with E-state index in [4.69, 9.17) is 4.98 Å². The highest BCUT2D eigenvalue weighted by Gasteiger charge is 2.31. The molecule has 0 radical (unpaired) electrons. The van der Waals surface area contributed by atoms with Crippen LogP contribution in [0.25, 0.3) is 0 Å². The molecule has 5 heteroatoms. The summed E-state index contributed by atoms with van der Waals surface area (Å²) in [5.74, 6) is 2.07. The zero-order chi connectivity index (χ0) is 15.7. The van der Waals surface area contributed by atoms with Gasteiger partial charge in [-0.15, -0.1) is 0 Å². The highest BCUT2D eigenvalue weighted by molar-refractivity contribution is 5.51. The van der Waals surface area contributed by atoms with Gasteiger partial charge in [-0.25, -0.2) is 9.97 Å². The fourth-order valence-corrected chi connectivity index (χ4v) is 4.04. The molecular weight excluding hydrogens is 276 g/mol. The molecule has 2 aliphatic rings. The van der Waals surface area contributed by atoms with E-state index < -0.39 is 0 Å². The van der Waals surface area contributed by atoms with Gasteiger partial charge >= 0.3 is 0 Å². The summed E-state index contributed by atoms with van der Waals surface area (Å²) in [5, 5.41) is 9.26. The van der Waals surface area contributed by atoms with Gasteiger partial charge in [0.05, 0.1) is 6.61 Å². The van der Waals surface area contributed by atoms with Crippen LogP contribution in [0.4, 0.5) is 5.82 Å². The molecule has 1 aliphatic carbocycles. The third kappa shape index (κ3) is 2.97. The van der Waals surface area contributed by atoms with Crippen molar-refractivity contribution in [3.05, 3.63) is 17.1 Å². The summed E-state index contributed by atoms with van der Waals surface area (Å²) in [6.07, 6.45) is 4.72. The summed E-state index contributed by atoms with van der Waals surface area (Å²) < 4.78 is 0. The summed E-state index contributed by atoms with van der Waals surface area (Å²) >= 11 is 0. The van der Waals surface area contributed by atoms with Crippen LogP contribution in [0, 0.1) is 6.92 Å². The average molecular weight is 304 g/mol. The molecule has 2 atom stereocenters. The van der Waals surface area contributed by atoms with E-state index in [9.17, 15) is 5.11 Å². The highest BCUT2D eigenvalue weighted by Crippen LogP contribution is 2.30. The van der Waals surface area contributed by atoms with Crippen molar-refractivity contribution in [2.75, 3.05) is 31.1 Å². The number of anilines is 1. The van der Waals surface area contributed by atoms with E-state index in [-0.39, 0.29) is 6.61 Å². The standard InChI is InChI=1S/C17H28N4O/c1-12-10-20(11-13(2)21(12)8-9-22)17-15-6-4-5-7-16(15)18-14(3)19-17/h12-13,22H,4-11H2,1-3H3/t12-,13+. The number of hydrogen-bond acceptors (Lipinski definition) is 5. The van der Waals surface area contributed by atoms with E-state index in [2.05, 4.69) is 28.6 Å². The molecule has 0 spiro atoms. The van der Waals surface area contributed by atoms with Crippen molar-refractivity contribution in [2.45, 2.75) is 58.5 Å². The first-order valence-electron chi connectivity index (χ1n) is 8.58. The van der Waals surface area contributed by atoms with E-state index in [0.29, 0.717) is 12.1 Å². The SMILES string of the molecule is Cc1nc2c(c(N3C[C@@H](C)N(CCO)[C@@H](C)C3)n1)CCCC2. The quantitative estimate of drug-likeness (QED) is 0.918. The topological polar surface area (TPSA) is 52.5 Å². The number of piperazine rings is 1. The fraction of sp³-hybridized carbons (Fsp3) is 0.765. The first-order valence-corrected chi connectivity index (χ1v) is 8.58. The fourth-order valence-electron chi connectivity index (χ4n) is 4.04. The van der Waals surface area contributed by atoms with Crippen LogP contribution in [0.15, 0.2) is 0 Å². The lowest BCUT2D eigenvalue weighted by molar-refractivity contribution is 0.102. The number of aromatic nitrogens is 2. The van der Waals surface area contributed by atoms with Gasteiger partial charge in [-0.2, -0.15) is 0 Å². The van der Waals surface area contributed by atoms with E-state index in [1.54, 1.807) is 0 Å². The lowest BCUT2D eigenvalue weighted by Crippen LogP contribution is -2.57. The minimum Gasteiger partial charge on any atom is -0.395 e. The Balaban J connectivity index is 1.87. The molecule has 1 aromatic heterocycles. The van der Waals surface area contributed by atoms with E-state index in [0.717, 1.165) is 38.3 Å². The third-order valence-electron chi connectivity index (χ3n) is 5.03. The molecule has 0 amide bonds. The summed E-state index contributed by atoms with van der Waals surface area (Å²) in [4.78, 5) is 14.3. The van der Waals surface area contributed by atoms with E-state index in [1.807, 2.05) is 6.92 Å². The normalized spacial score (nSPS) is 26.1. The number of aliphatic hydroxyl groups is 1. The highest BCUT2D eigenvalue weighted by atomic mass is 16.3. The van der Waals surface area contributed by atoms with Gasteiger partial charge in [0.2, 0.25) is 0 Å². The van der Waals surface area contributed by atoms with Crippen molar-refractivity contribution in [3.8, 4) is 0 Å². The van der Waals surface area contributed by atoms with Crippen LogP contribution in [0.3, 0.4) is 0 Å². The molecule has 0 bridgehead atoms. The second-order valence-electron chi connectivity index (χ2n) is 6.79. The first-order chi connectivity index (χ1) is 10.6. The molecule has 0 saturated carbocycles. The lowest BCUT2D eigenvalue weighted by atomic mass is 9.95. The summed E-state index contributed by atoms with van der Waals surface area (Å²) in [7, 11) is 0. The number of fused-ring (bicyclic) bond motifs is 1. The van der Waals surface area contributed by atoms with Gasteiger partial charge in [0.15, 0.2) is 0 Å². The number of aliphatic hydroxyl groups excluding tert-OH is 1. The van der Waals surface area contributed by atoms with Gasteiger partial charge in [-0.05, 0) is 46.5 Å². The Kier molecular flexibility index (Phi) is 4.64. The van der Waals surface area contributed by atoms with Crippen molar-refractivity contribution in [2.24, 2.45) is 0 Å². The monoisotopic (exact) mass is 304 g/mol. The lowest BCUT2D eigenvalue weighted by Gasteiger charge is -2.45. The maximum Gasteiger partial charge on any atom is 0.135 e. The van der Waals surface area contributed by atoms with Crippen molar-refractivity contribution in [1.29, 1.82) is 0 Å². The average Bonchev–Trinajstić information content (AvgIpc) is 2.49. The molecule has 0 unspecified atom stereocenters. The van der Waals surface area contributed by atoms with Crippen molar-refractivity contribution >= 4 is 5.82 Å². The molecule has 2 heterocycles. The Morgan fingerprint density at radius 1 is 1.09 bits per heavy atom. The molecule has 3 rings (SSSR count). The van der Waals surface area contributed by atoms with Gasteiger partial charge in [0.25, 0.3) is 0 Å². The van der Waals surface area contributed by atoms with Gasteiger partial charge < -0.3 is 10.0 Å². The third-order valence-corrected chi connectivity index (χ3v) is 5.03. The van der Waals surface area contributed by atoms with Gasteiger partial charge in [0.1, 0.15) is 11.6 Å². The zero-order valence-corrected chi connectivity index (χ0v) is 14.0. The predicted octanol–water partition coefficient (Wildman–Crippen LogP) is 1.56. The molecule has 122 valence electrons. The summed E-state index contributed by atoms with van der Waals surface area (Å²) in [6, 6.07) is 0.871. The molecule has 22 heavy (non-hydrogen) atoms. The van der Waals surface area contributed by atoms with Crippen molar-refractivity contribution in [1.82, 2.24) is 14.9 Å². The van der Waals surface area contributed by atoms with Crippen LogP contribution < -0.4 is 4.90 Å². The number of aryl methyl sites for hydroxylation is 2. The van der Waals surface area contributed by atoms with Crippen LogP contribution in [0.5, 0.6) is 0 Å². The molecule has 1 saturated heterocycles. The maximum atomic E-state index is 9.26. The number of hydrogen-bond donors (Lipinski definition) is 1. The van der Waals surface area contributed by atoms with Crippen LogP contribution in [-0.2, 0) is 12.8 Å². The first kappa shape index (κ1) is 15.7.